The van der Waals surface area contributed by atoms with Crippen LogP contribution in [0.5, 0.6) is 0 Å². The van der Waals surface area contributed by atoms with Gasteiger partial charge in [0.15, 0.2) is 0 Å². The summed E-state index contributed by atoms with van der Waals surface area (Å²) in [6, 6.07) is 7.69. The molecule has 9 heteroatoms. The van der Waals surface area contributed by atoms with Crippen molar-refractivity contribution in [2.24, 2.45) is 0 Å². The van der Waals surface area contributed by atoms with Crippen molar-refractivity contribution < 1.29 is 9.72 Å². The molecule has 1 aliphatic carbocycles. The van der Waals surface area contributed by atoms with Gasteiger partial charge in [-0.3, -0.25) is 14.9 Å². The Bertz CT molecular complexity index is 1090. The number of carbonyl (C=O) groups excluding carboxylic acids is 1. The van der Waals surface area contributed by atoms with Crippen LogP contribution in [0, 0.1) is 32.8 Å². The zero-order valence-corrected chi connectivity index (χ0v) is 16.1. The summed E-state index contributed by atoms with van der Waals surface area (Å²) in [5.41, 5.74) is 1.13. The lowest BCUT2D eigenvalue weighted by molar-refractivity contribution is -0.384. The second kappa shape index (κ2) is 8.22. The van der Waals surface area contributed by atoms with Crippen LogP contribution in [-0.2, 0) is 17.6 Å². The average molecular weight is 413 g/mol. The molecule has 0 aliphatic heterocycles. The molecule has 0 spiro atoms. The number of benzene rings is 1. The predicted octanol–water partition coefficient (Wildman–Crippen LogP) is 4.61. The van der Waals surface area contributed by atoms with Crippen molar-refractivity contribution in [2.75, 3.05) is 5.32 Å². The number of fused-ring (bicyclic) bond motifs is 1. The number of hydrogen-bond acceptors (Lipinski definition) is 6. The molecule has 7 nitrogen and oxygen atoms in total. The molecule has 1 heterocycles. The quantitative estimate of drug-likeness (QED) is 0.340. The molecule has 0 bridgehead atoms. The lowest BCUT2D eigenvalue weighted by atomic mass is 9.96. The van der Waals surface area contributed by atoms with E-state index in [2.05, 4.69) is 11.4 Å². The van der Waals surface area contributed by atoms with Gasteiger partial charge in [0.05, 0.1) is 10.5 Å². The SMILES string of the molecule is N#C/C(=C\c1cc([N+](=O)[O-])ccc1Cl)C(=O)Nc1sc2c(c1C#N)CCCC2. The van der Waals surface area contributed by atoms with Gasteiger partial charge in [0.1, 0.15) is 22.7 Å². The molecule has 140 valence electrons. The van der Waals surface area contributed by atoms with Crippen molar-refractivity contribution in [1.82, 2.24) is 0 Å². The fourth-order valence-corrected chi connectivity index (χ4v) is 4.41. The van der Waals surface area contributed by atoms with Crippen LogP contribution < -0.4 is 5.32 Å². The molecular formula is C19H13ClN4O3S. The lowest BCUT2D eigenvalue weighted by Gasteiger charge is -2.09. The largest absolute Gasteiger partial charge is 0.312 e. The zero-order chi connectivity index (χ0) is 20.3. The first-order valence-corrected chi connectivity index (χ1v) is 9.55. The number of nitrogens with zero attached hydrogens (tertiary/aromatic N) is 3. The monoisotopic (exact) mass is 412 g/mol. The minimum Gasteiger partial charge on any atom is -0.312 e. The van der Waals surface area contributed by atoms with E-state index in [-0.39, 0.29) is 21.8 Å². The van der Waals surface area contributed by atoms with E-state index in [1.807, 2.05) is 0 Å². The van der Waals surface area contributed by atoms with Crippen LogP contribution in [0.4, 0.5) is 10.7 Å². The van der Waals surface area contributed by atoms with E-state index in [4.69, 9.17) is 11.6 Å². The lowest BCUT2D eigenvalue weighted by Crippen LogP contribution is -2.13. The zero-order valence-electron chi connectivity index (χ0n) is 14.5. The molecule has 28 heavy (non-hydrogen) atoms. The maximum atomic E-state index is 12.6. The summed E-state index contributed by atoms with van der Waals surface area (Å²) in [5, 5.41) is 33.0. The maximum Gasteiger partial charge on any atom is 0.270 e. The molecule has 0 fully saturated rings. The average Bonchev–Trinajstić information content (AvgIpc) is 3.03. The number of nitriles is 2. The van der Waals surface area contributed by atoms with Crippen LogP contribution >= 0.6 is 22.9 Å². The standard InChI is InChI=1S/C19H13ClN4O3S/c20-16-6-5-13(24(26)27)8-11(16)7-12(9-21)18(25)23-19-15(10-22)14-3-1-2-4-17(14)28-19/h5-8H,1-4H2,(H,23,25)/b12-7+. The highest BCUT2D eigenvalue weighted by atomic mass is 35.5. The van der Waals surface area contributed by atoms with Gasteiger partial charge in [-0.25, -0.2) is 0 Å². The fraction of sp³-hybridized carbons (Fsp3) is 0.211. The van der Waals surface area contributed by atoms with Crippen LogP contribution in [0.1, 0.15) is 34.4 Å². The smallest absolute Gasteiger partial charge is 0.270 e. The van der Waals surface area contributed by atoms with Gasteiger partial charge in [-0.2, -0.15) is 10.5 Å². The number of amides is 1. The molecular weight excluding hydrogens is 400 g/mol. The van der Waals surface area contributed by atoms with Gasteiger partial charge in [-0.15, -0.1) is 11.3 Å². The van der Waals surface area contributed by atoms with E-state index in [9.17, 15) is 25.4 Å². The molecule has 3 rings (SSSR count). The van der Waals surface area contributed by atoms with E-state index >= 15 is 0 Å². The van der Waals surface area contributed by atoms with Gasteiger partial charge in [0.25, 0.3) is 11.6 Å². The minimum atomic E-state index is -0.694. The Balaban J connectivity index is 1.92. The molecule has 0 unspecified atom stereocenters. The van der Waals surface area contributed by atoms with Gasteiger partial charge >= 0.3 is 0 Å². The third kappa shape index (κ3) is 3.89. The maximum absolute atomic E-state index is 12.6. The van der Waals surface area contributed by atoms with Gasteiger partial charge in [0, 0.05) is 27.6 Å². The Kier molecular flexibility index (Phi) is 5.74. The molecule has 1 aliphatic rings. The molecule has 2 aromatic rings. The summed E-state index contributed by atoms with van der Waals surface area (Å²) >= 11 is 7.39. The molecule has 0 saturated carbocycles. The number of halogens is 1. The number of aryl methyl sites for hydroxylation is 1. The number of carbonyl (C=O) groups is 1. The summed E-state index contributed by atoms with van der Waals surface area (Å²) < 4.78 is 0. The molecule has 0 atom stereocenters. The number of nitrogens with one attached hydrogen (secondary N) is 1. The minimum absolute atomic E-state index is 0.176. The topological polar surface area (TPSA) is 120 Å². The van der Waals surface area contributed by atoms with Crippen LogP contribution in [0.15, 0.2) is 23.8 Å². The van der Waals surface area contributed by atoms with Crippen molar-refractivity contribution in [3.8, 4) is 12.1 Å². The summed E-state index contributed by atoms with van der Waals surface area (Å²) in [7, 11) is 0. The van der Waals surface area contributed by atoms with Crippen molar-refractivity contribution >= 4 is 45.6 Å². The number of non-ortho nitro benzene ring substituents is 1. The first-order valence-electron chi connectivity index (χ1n) is 8.36. The second-order valence-electron chi connectivity index (χ2n) is 6.11. The van der Waals surface area contributed by atoms with Crippen molar-refractivity contribution in [1.29, 1.82) is 10.5 Å². The van der Waals surface area contributed by atoms with Gasteiger partial charge < -0.3 is 5.32 Å². The van der Waals surface area contributed by atoms with Crippen LogP contribution in [0.25, 0.3) is 6.08 Å². The Labute approximate surface area is 169 Å². The molecule has 0 saturated heterocycles. The van der Waals surface area contributed by atoms with E-state index in [1.54, 1.807) is 6.07 Å². The molecule has 1 aromatic carbocycles. The normalized spacial score (nSPS) is 13.2. The number of thiophene rings is 1. The van der Waals surface area contributed by atoms with E-state index < -0.39 is 10.8 Å². The second-order valence-corrected chi connectivity index (χ2v) is 7.63. The fourth-order valence-electron chi connectivity index (χ4n) is 3.00. The highest BCUT2D eigenvalue weighted by molar-refractivity contribution is 7.16. The van der Waals surface area contributed by atoms with Gasteiger partial charge in [-0.05, 0) is 43.4 Å². The Hall–Kier alpha value is -3.20. The highest BCUT2D eigenvalue weighted by Crippen LogP contribution is 2.37. The molecule has 1 amide bonds. The third-order valence-corrected chi connectivity index (χ3v) is 5.92. The number of nitro benzene ring substituents is 1. The Morgan fingerprint density at radius 2 is 2.07 bits per heavy atom. The molecule has 0 radical (unpaired) electrons. The van der Waals surface area contributed by atoms with Crippen LogP contribution in [0.3, 0.4) is 0 Å². The first kappa shape index (κ1) is 19.6. The molecule has 1 aromatic heterocycles. The first-order chi connectivity index (χ1) is 13.4. The highest BCUT2D eigenvalue weighted by Gasteiger charge is 2.23. The summed E-state index contributed by atoms with van der Waals surface area (Å²) in [6.07, 6.45) is 4.91. The Morgan fingerprint density at radius 3 is 2.75 bits per heavy atom. The predicted molar refractivity (Wildman–Crippen MR) is 106 cm³/mol. The Morgan fingerprint density at radius 1 is 1.32 bits per heavy atom. The van der Waals surface area contributed by atoms with Crippen LogP contribution in [-0.4, -0.2) is 10.8 Å². The number of anilines is 1. The third-order valence-electron chi connectivity index (χ3n) is 4.37. The number of hydrogen-bond donors (Lipinski definition) is 1. The summed E-state index contributed by atoms with van der Waals surface area (Å²) in [4.78, 5) is 24.0. The number of rotatable bonds is 4. The summed E-state index contributed by atoms with van der Waals surface area (Å²) in [5.74, 6) is -0.694. The summed E-state index contributed by atoms with van der Waals surface area (Å²) in [6.45, 7) is 0. The van der Waals surface area contributed by atoms with Crippen molar-refractivity contribution in [2.45, 2.75) is 25.7 Å². The number of nitro groups is 1. The van der Waals surface area contributed by atoms with Crippen LogP contribution in [0.2, 0.25) is 5.02 Å². The van der Waals surface area contributed by atoms with Crippen molar-refractivity contribution in [3.05, 3.63) is 60.5 Å². The van der Waals surface area contributed by atoms with E-state index in [1.165, 1.54) is 35.6 Å². The van der Waals surface area contributed by atoms with E-state index in [0.717, 1.165) is 36.1 Å². The van der Waals surface area contributed by atoms with Gasteiger partial charge in [-0.1, -0.05) is 11.6 Å². The molecule has 1 N–H and O–H groups in total. The van der Waals surface area contributed by atoms with Gasteiger partial charge in [0.2, 0.25) is 0 Å². The van der Waals surface area contributed by atoms with Crippen molar-refractivity contribution in [3.63, 3.8) is 0 Å². The van der Waals surface area contributed by atoms with E-state index in [0.29, 0.717) is 10.6 Å².